The summed E-state index contributed by atoms with van der Waals surface area (Å²) in [6.07, 6.45) is 6.88. The zero-order valence-corrected chi connectivity index (χ0v) is 25.4. The second-order valence-corrected chi connectivity index (χ2v) is 15.0. The normalized spacial score (nSPS) is 18.7. The Morgan fingerprint density at radius 2 is 1.63 bits per heavy atom. The van der Waals surface area contributed by atoms with Crippen LogP contribution >= 0.6 is 15.2 Å². The highest BCUT2D eigenvalue weighted by molar-refractivity contribution is 7.70. The summed E-state index contributed by atoms with van der Waals surface area (Å²) in [5, 5.41) is 0.646. The molecule has 1 aliphatic carbocycles. The number of amides is 2. The Hall–Kier alpha value is -2.76. The van der Waals surface area contributed by atoms with Crippen LogP contribution in [-0.2, 0) is 20.3 Å². The minimum atomic E-state index is -5.15. The van der Waals surface area contributed by atoms with Gasteiger partial charge in [0.15, 0.2) is 5.40 Å². The van der Waals surface area contributed by atoms with Gasteiger partial charge in [0.05, 0.1) is 30.9 Å². The highest BCUT2D eigenvalue weighted by atomic mass is 31.2. The number of nitrogens with one attached hydrogen (secondary N) is 1. The fourth-order valence-corrected chi connectivity index (χ4v) is 8.35. The van der Waals surface area contributed by atoms with Crippen molar-refractivity contribution in [3.63, 3.8) is 0 Å². The van der Waals surface area contributed by atoms with Crippen LogP contribution in [0.25, 0.3) is 0 Å². The maximum Gasteiger partial charge on any atom is 0.345 e. The number of nitrogens with two attached hydrogens (primary N) is 2. The first-order chi connectivity index (χ1) is 20.2. The van der Waals surface area contributed by atoms with E-state index in [1.807, 2.05) is 0 Å². The first-order valence-electron chi connectivity index (χ1n) is 14.2. The fraction of sp³-hybridized carbons (Fsp3) is 0.500. The molecular weight excluding hydrogens is 600 g/mol. The van der Waals surface area contributed by atoms with Crippen molar-refractivity contribution in [2.75, 3.05) is 13.2 Å². The van der Waals surface area contributed by atoms with E-state index in [1.165, 1.54) is 30.7 Å². The van der Waals surface area contributed by atoms with E-state index in [0.29, 0.717) is 54.6 Å². The lowest BCUT2D eigenvalue weighted by atomic mass is 9.90. The van der Waals surface area contributed by atoms with Crippen LogP contribution in [0.2, 0.25) is 0 Å². The lowest BCUT2D eigenvalue weighted by molar-refractivity contribution is -0.123. The summed E-state index contributed by atoms with van der Waals surface area (Å²) in [6.45, 7) is 0.883. The number of benzene rings is 2. The van der Waals surface area contributed by atoms with Gasteiger partial charge < -0.3 is 45.8 Å². The number of hydrogen-bond acceptors (Lipinski definition) is 7. The number of rotatable bonds is 11. The highest BCUT2D eigenvalue weighted by Crippen LogP contribution is 2.69. The number of fused-ring (bicyclic) bond motifs is 1. The van der Waals surface area contributed by atoms with Crippen molar-refractivity contribution in [2.45, 2.75) is 68.9 Å². The molecule has 1 aliphatic heterocycles. The maximum absolute atomic E-state index is 13.1. The second-order valence-electron chi connectivity index (χ2n) is 11.2. The van der Waals surface area contributed by atoms with Crippen LogP contribution in [0.4, 0.5) is 0 Å². The Morgan fingerprint density at radius 1 is 0.977 bits per heavy atom. The summed E-state index contributed by atoms with van der Waals surface area (Å²) < 4.78 is 35.4. The zero-order chi connectivity index (χ0) is 31.4. The van der Waals surface area contributed by atoms with Crippen molar-refractivity contribution in [3.8, 4) is 11.5 Å². The molecule has 0 bridgehead atoms. The van der Waals surface area contributed by atoms with Crippen LogP contribution in [0.5, 0.6) is 11.5 Å². The van der Waals surface area contributed by atoms with Crippen molar-refractivity contribution < 1.29 is 47.8 Å². The Kier molecular flexibility index (Phi) is 10.7. The van der Waals surface area contributed by atoms with Crippen molar-refractivity contribution in [3.05, 3.63) is 58.7 Å². The average Bonchev–Trinajstić information content (AvgIpc) is 3.12. The first-order valence-corrected chi connectivity index (χ1v) is 17.6. The molecule has 1 fully saturated rings. The molecule has 1 saturated carbocycles. The minimum Gasteiger partial charge on any atom is -0.493 e. The van der Waals surface area contributed by atoms with Gasteiger partial charge in [-0.1, -0.05) is 43.5 Å². The lowest BCUT2D eigenvalue weighted by Gasteiger charge is -2.24. The van der Waals surface area contributed by atoms with Crippen LogP contribution in [0.1, 0.15) is 83.4 Å². The van der Waals surface area contributed by atoms with Gasteiger partial charge in [-0.3, -0.25) is 18.7 Å². The SMILES string of the molecule is NC(=O)c1cc2c(cc1OCC1CCCCC1)OCCCC2NC(=O)C(N)Cc1ccc(C(P(=O)(O)O)P(=O)(O)O)cc1. The van der Waals surface area contributed by atoms with E-state index in [1.54, 1.807) is 12.1 Å². The standard InChI is InChI=1S/C28H39N3O10P2/c29-22(13-17-8-10-19(11-9-17)28(42(34,35)36)43(37,38)39)27(33)31-23-7-4-12-40-24-15-25(21(26(30)32)14-20(23)24)41-16-18-5-2-1-3-6-18/h8-11,14-15,18,22-23,28H,1-7,12-13,16,29H2,(H2,30,32)(H,31,33)(H2,34,35,36)(H2,37,38,39). The Labute approximate surface area is 249 Å². The number of ether oxygens (including phenoxy) is 2. The maximum atomic E-state index is 13.1. The molecule has 0 aromatic heterocycles. The van der Waals surface area contributed by atoms with Crippen LogP contribution < -0.4 is 26.3 Å². The number of carbonyl (C=O) groups excluding carboxylic acids is 2. The number of carbonyl (C=O) groups is 2. The first kappa shape index (κ1) is 33.1. The molecule has 13 nitrogen and oxygen atoms in total. The van der Waals surface area contributed by atoms with Gasteiger partial charge in [-0.25, -0.2) is 0 Å². The number of primary amides is 1. The topological polar surface area (TPSA) is 232 Å². The zero-order valence-electron chi connectivity index (χ0n) is 23.6. The lowest BCUT2D eigenvalue weighted by Crippen LogP contribution is -2.43. The van der Waals surface area contributed by atoms with Gasteiger partial charge >= 0.3 is 15.2 Å². The van der Waals surface area contributed by atoms with Crippen LogP contribution in [-0.4, -0.2) is 50.6 Å². The minimum absolute atomic E-state index is 0.0408. The molecule has 0 saturated heterocycles. The molecular formula is C28H39N3O10P2. The molecule has 2 amide bonds. The summed E-state index contributed by atoms with van der Waals surface area (Å²) >= 11 is 0. The molecule has 2 unspecified atom stereocenters. The third-order valence-corrected chi connectivity index (χ3v) is 11.5. The third kappa shape index (κ3) is 8.67. The molecule has 2 aliphatic rings. The summed E-state index contributed by atoms with van der Waals surface area (Å²) in [6, 6.07) is 6.93. The van der Waals surface area contributed by atoms with Crippen molar-refractivity contribution in [1.29, 1.82) is 0 Å². The van der Waals surface area contributed by atoms with E-state index in [9.17, 15) is 38.3 Å². The van der Waals surface area contributed by atoms with E-state index in [4.69, 9.17) is 20.9 Å². The quantitative estimate of drug-likeness (QED) is 0.177. The molecule has 4 rings (SSSR count). The van der Waals surface area contributed by atoms with E-state index < -0.39 is 44.5 Å². The summed E-state index contributed by atoms with van der Waals surface area (Å²) in [7, 11) is -10.3. The molecule has 236 valence electrons. The van der Waals surface area contributed by atoms with E-state index in [-0.39, 0.29) is 17.5 Å². The molecule has 2 aromatic rings. The predicted octanol–water partition coefficient (Wildman–Crippen LogP) is 3.00. The van der Waals surface area contributed by atoms with E-state index in [0.717, 1.165) is 25.7 Å². The molecule has 0 radical (unpaired) electrons. The summed E-state index contributed by atoms with van der Waals surface area (Å²) in [5.41, 5.74) is 13.0. The van der Waals surface area contributed by atoms with Crippen LogP contribution in [0.3, 0.4) is 0 Å². The van der Waals surface area contributed by atoms with Gasteiger partial charge in [0.1, 0.15) is 11.5 Å². The molecule has 15 heteroatoms. The fourth-order valence-electron chi connectivity index (χ4n) is 5.66. The van der Waals surface area contributed by atoms with Crippen LogP contribution in [0, 0.1) is 5.92 Å². The number of hydrogen-bond donors (Lipinski definition) is 7. The summed E-state index contributed by atoms with van der Waals surface area (Å²) in [5.74, 6) is 0.112. The predicted molar refractivity (Wildman–Crippen MR) is 158 cm³/mol. The van der Waals surface area contributed by atoms with Crippen molar-refractivity contribution in [2.24, 2.45) is 17.4 Å². The van der Waals surface area contributed by atoms with Gasteiger partial charge in [-0.15, -0.1) is 0 Å². The van der Waals surface area contributed by atoms with E-state index in [2.05, 4.69) is 5.32 Å². The second kappa shape index (κ2) is 13.9. The molecule has 2 aromatic carbocycles. The molecule has 43 heavy (non-hydrogen) atoms. The van der Waals surface area contributed by atoms with Gasteiger partial charge in [0.25, 0.3) is 5.91 Å². The summed E-state index contributed by atoms with van der Waals surface area (Å²) in [4.78, 5) is 63.3. The smallest absolute Gasteiger partial charge is 0.345 e. The monoisotopic (exact) mass is 639 g/mol. The van der Waals surface area contributed by atoms with Crippen molar-refractivity contribution in [1.82, 2.24) is 5.32 Å². The van der Waals surface area contributed by atoms with Gasteiger partial charge in [0, 0.05) is 11.6 Å². The van der Waals surface area contributed by atoms with Gasteiger partial charge in [-0.05, 0) is 55.2 Å². The highest BCUT2D eigenvalue weighted by Gasteiger charge is 2.44. The Balaban J connectivity index is 1.47. The van der Waals surface area contributed by atoms with Gasteiger partial charge in [-0.2, -0.15) is 0 Å². The van der Waals surface area contributed by atoms with E-state index >= 15 is 0 Å². The third-order valence-electron chi connectivity index (χ3n) is 7.87. The molecule has 9 N–H and O–H groups in total. The van der Waals surface area contributed by atoms with Crippen LogP contribution in [0.15, 0.2) is 36.4 Å². The largest absolute Gasteiger partial charge is 0.493 e. The molecule has 0 spiro atoms. The van der Waals surface area contributed by atoms with Gasteiger partial charge in [0.2, 0.25) is 5.91 Å². The Morgan fingerprint density at radius 3 is 2.23 bits per heavy atom. The molecule has 2 atom stereocenters. The molecule has 1 heterocycles. The average molecular weight is 640 g/mol. The Bertz CT molecular complexity index is 1380. The van der Waals surface area contributed by atoms with Crippen molar-refractivity contribution >= 4 is 27.0 Å².